The van der Waals surface area contributed by atoms with E-state index in [1.807, 2.05) is 0 Å². The fourth-order valence-corrected chi connectivity index (χ4v) is 3.82. The third-order valence-corrected chi connectivity index (χ3v) is 5.07. The third kappa shape index (κ3) is 2.67. The molecule has 0 bridgehead atoms. The maximum atomic E-state index is 3.53. The van der Waals surface area contributed by atoms with Gasteiger partial charge in [0, 0.05) is 19.1 Å². The van der Waals surface area contributed by atoms with Crippen LogP contribution in [0.4, 0.5) is 0 Å². The quantitative estimate of drug-likeness (QED) is 0.790. The van der Waals surface area contributed by atoms with Crippen molar-refractivity contribution in [2.45, 2.75) is 32.2 Å². The Bertz CT molecular complexity index is 250. The summed E-state index contributed by atoms with van der Waals surface area (Å²) in [5, 5.41) is 3.53. The van der Waals surface area contributed by atoms with Gasteiger partial charge in [0.05, 0.1) is 0 Å². The van der Waals surface area contributed by atoms with Gasteiger partial charge >= 0.3 is 0 Å². The minimum absolute atomic E-state index is 0.876. The molecule has 0 spiro atoms. The van der Waals surface area contributed by atoms with Crippen molar-refractivity contribution in [1.29, 1.82) is 0 Å². The van der Waals surface area contributed by atoms with Crippen LogP contribution >= 0.6 is 0 Å². The largest absolute Gasteiger partial charge is 0.316 e. The topological polar surface area (TPSA) is 18.5 Å². The van der Waals surface area contributed by atoms with Crippen LogP contribution in [0, 0.1) is 11.8 Å². The molecule has 0 amide bonds. The van der Waals surface area contributed by atoms with E-state index in [-0.39, 0.29) is 0 Å². The molecule has 98 valence electrons. The van der Waals surface area contributed by atoms with Crippen LogP contribution in [0.2, 0.25) is 0 Å². The van der Waals surface area contributed by atoms with Gasteiger partial charge in [-0.2, -0.15) is 0 Å². The van der Waals surface area contributed by atoms with E-state index in [1.54, 1.807) is 0 Å². The van der Waals surface area contributed by atoms with Crippen LogP contribution in [-0.2, 0) is 0 Å². The van der Waals surface area contributed by atoms with Gasteiger partial charge in [0.15, 0.2) is 0 Å². The highest BCUT2D eigenvalue weighted by atomic mass is 15.3. The van der Waals surface area contributed by atoms with Crippen molar-refractivity contribution >= 4 is 0 Å². The Labute approximate surface area is 106 Å². The summed E-state index contributed by atoms with van der Waals surface area (Å²) in [6, 6.07) is 0.877. The fourth-order valence-electron chi connectivity index (χ4n) is 3.82. The zero-order chi connectivity index (χ0) is 11.7. The number of rotatable bonds is 3. The van der Waals surface area contributed by atoms with Crippen LogP contribution in [0.15, 0.2) is 0 Å². The number of nitrogens with zero attached hydrogens (tertiary/aromatic N) is 2. The lowest BCUT2D eigenvalue weighted by Crippen LogP contribution is -2.37. The summed E-state index contributed by atoms with van der Waals surface area (Å²) >= 11 is 0. The second kappa shape index (κ2) is 5.25. The van der Waals surface area contributed by atoms with Crippen molar-refractivity contribution in [3.05, 3.63) is 0 Å². The number of nitrogens with one attached hydrogen (secondary N) is 1. The van der Waals surface area contributed by atoms with Crippen molar-refractivity contribution < 1.29 is 0 Å². The Balaban J connectivity index is 1.46. The van der Waals surface area contributed by atoms with E-state index in [0.717, 1.165) is 17.9 Å². The summed E-state index contributed by atoms with van der Waals surface area (Å²) < 4.78 is 0. The van der Waals surface area contributed by atoms with Crippen molar-refractivity contribution in [3.8, 4) is 0 Å². The summed E-state index contributed by atoms with van der Waals surface area (Å²) in [6.07, 6.45) is 4.27. The predicted octanol–water partition coefficient (Wildman–Crippen LogP) is 1.01. The fraction of sp³-hybridized carbons (Fsp3) is 1.00. The van der Waals surface area contributed by atoms with Crippen LogP contribution in [0.1, 0.15) is 26.2 Å². The third-order valence-electron chi connectivity index (χ3n) is 5.07. The van der Waals surface area contributed by atoms with Gasteiger partial charge < -0.3 is 10.2 Å². The molecule has 1 unspecified atom stereocenters. The molecule has 0 radical (unpaired) electrons. The van der Waals surface area contributed by atoms with Crippen LogP contribution in [0.3, 0.4) is 0 Å². The molecule has 3 heteroatoms. The van der Waals surface area contributed by atoms with E-state index < -0.39 is 0 Å². The first-order chi connectivity index (χ1) is 8.33. The normalized spacial score (nSPS) is 40.4. The van der Waals surface area contributed by atoms with Crippen molar-refractivity contribution in [2.24, 2.45) is 11.8 Å². The molecular weight excluding hydrogens is 210 g/mol. The van der Waals surface area contributed by atoms with Gasteiger partial charge in [0.2, 0.25) is 0 Å². The highest BCUT2D eigenvalue weighted by Crippen LogP contribution is 2.23. The molecule has 1 N–H and O–H groups in total. The summed E-state index contributed by atoms with van der Waals surface area (Å²) in [6.45, 7) is 11.6. The minimum atomic E-state index is 0.876. The predicted molar refractivity (Wildman–Crippen MR) is 71.2 cm³/mol. The molecule has 17 heavy (non-hydrogen) atoms. The van der Waals surface area contributed by atoms with Crippen LogP contribution < -0.4 is 5.32 Å². The van der Waals surface area contributed by atoms with Crippen LogP contribution in [0.25, 0.3) is 0 Å². The molecular formula is C14H27N3. The van der Waals surface area contributed by atoms with E-state index in [4.69, 9.17) is 0 Å². The number of hydrogen-bond acceptors (Lipinski definition) is 3. The monoisotopic (exact) mass is 237 g/mol. The lowest BCUT2D eigenvalue weighted by molar-refractivity contribution is 0.212. The van der Waals surface area contributed by atoms with Gasteiger partial charge in [0.25, 0.3) is 0 Å². The molecule has 0 aliphatic carbocycles. The van der Waals surface area contributed by atoms with E-state index in [1.165, 1.54) is 65.1 Å². The Morgan fingerprint density at radius 3 is 2.65 bits per heavy atom. The van der Waals surface area contributed by atoms with E-state index in [2.05, 4.69) is 22.0 Å². The molecule has 3 saturated heterocycles. The lowest BCUT2D eigenvalue weighted by Gasteiger charge is -2.25. The molecule has 0 aromatic carbocycles. The highest BCUT2D eigenvalue weighted by molar-refractivity contribution is 4.88. The minimum Gasteiger partial charge on any atom is -0.316 e. The first-order valence-corrected chi connectivity index (χ1v) is 7.50. The SMILES string of the molecule is C[C@@H]1CNC[C@H]1CN1CCC(N2CCCC2)C1. The van der Waals surface area contributed by atoms with E-state index in [0.29, 0.717) is 0 Å². The molecule has 0 aromatic heterocycles. The second-order valence-corrected chi connectivity index (χ2v) is 6.34. The van der Waals surface area contributed by atoms with Gasteiger partial charge in [-0.15, -0.1) is 0 Å². The summed E-state index contributed by atoms with van der Waals surface area (Å²) in [7, 11) is 0. The average Bonchev–Trinajstić information content (AvgIpc) is 3.02. The Kier molecular flexibility index (Phi) is 3.69. The molecule has 3 nitrogen and oxygen atoms in total. The number of hydrogen-bond donors (Lipinski definition) is 1. The maximum Gasteiger partial charge on any atom is 0.0235 e. The standard InChI is InChI=1S/C14H27N3/c1-12-8-15-9-13(12)10-16-7-4-14(11-16)17-5-2-3-6-17/h12-15H,2-11H2,1H3/t12-,13+,14?/m1/s1. The summed E-state index contributed by atoms with van der Waals surface area (Å²) in [4.78, 5) is 5.45. The second-order valence-electron chi connectivity index (χ2n) is 6.34. The van der Waals surface area contributed by atoms with Crippen molar-refractivity contribution in [3.63, 3.8) is 0 Å². The van der Waals surface area contributed by atoms with E-state index in [9.17, 15) is 0 Å². The summed E-state index contributed by atoms with van der Waals surface area (Å²) in [5.41, 5.74) is 0. The van der Waals surface area contributed by atoms with E-state index >= 15 is 0 Å². The van der Waals surface area contributed by atoms with Crippen molar-refractivity contribution in [2.75, 3.05) is 45.8 Å². The van der Waals surface area contributed by atoms with Gasteiger partial charge in [-0.25, -0.2) is 0 Å². The lowest BCUT2D eigenvalue weighted by atomic mass is 9.98. The van der Waals surface area contributed by atoms with Crippen LogP contribution in [-0.4, -0.2) is 61.7 Å². The zero-order valence-corrected chi connectivity index (χ0v) is 11.2. The summed E-state index contributed by atoms with van der Waals surface area (Å²) in [5.74, 6) is 1.77. The highest BCUT2D eigenvalue weighted by Gasteiger charge is 2.32. The molecule has 3 heterocycles. The average molecular weight is 237 g/mol. The number of likely N-dealkylation sites (tertiary alicyclic amines) is 2. The Morgan fingerprint density at radius 1 is 1.12 bits per heavy atom. The molecule has 3 rings (SSSR count). The molecule has 3 atom stereocenters. The van der Waals surface area contributed by atoms with Crippen molar-refractivity contribution in [1.82, 2.24) is 15.1 Å². The van der Waals surface area contributed by atoms with Gasteiger partial charge in [0.1, 0.15) is 0 Å². The zero-order valence-electron chi connectivity index (χ0n) is 11.2. The molecule has 0 saturated carbocycles. The van der Waals surface area contributed by atoms with Gasteiger partial charge in [-0.05, 0) is 63.8 Å². The Hall–Kier alpha value is -0.120. The molecule has 3 fully saturated rings. The van der Waals surface area contributed by atoms with Gasteiger partial charge in [-0.1, -0.05) is 6.92 Å². The molecule has 3 aliphatic rings. The smallest absolute Gasteiger partial charge is 0.0235 e. The first-order valence-electron chi connectivity index (χ1n) is 7.50. The first kappa shape index (κ1) is 11.9. The maximum absolute atomic E-state index is 3.53. The van der Waals surface area contributed by atoms with Crippen LogP contribution in [0.5, 0.6) is 0 Å². The molecule has 3 aliphatic heterocycles. The molecule has 0 aromatic rings. The Morgan fingerprint density at radius 2 is 1.94 bits per heavy atom. The van der Waals surface area contributed by atoms with Gasteiger partial charge in [-0.3, -0.25) is 4.90 Å².